The Balaban J connectivity index is 1.56. The van der Waals surface area contributed by atoms with Gasteiger partial charge in [-0.15, -0.1) is 0 Å². The van der Waals surface area contributed by atoms with Gasteiger partial charge in [0.1, 0.15) is 5.75 Å². The molecule has 4 rings (SSSR count). The number of benzene rings is 2. The molecule has 8 heteroatoms. The van der Waals surface area contributed by atoms with E-state index in [0.29, 0.717) is 30.1 Å². The molecule has 0 amide bonds. The van der Waals surface area contributed by atoms with Crippen LogP contribution in [0.1, 0.15) is 38.3 Å². The number of likely N-dealkylation sites (tertiary alicyclic amines) is 1. The predicted molar refractivity (Wildman–Crippen MR) is 148 cm³/mol. The van der Waals surface area contributed by atoms with Crippen molar-refractivity contribution in [1.29, 1.82) is 0 Å². The van der Waals surface area contributed by atoms with Gasteiger partial charge in [0.05, 0.1) is 29.8 Å². The third kappa shape index (κ3) is 5.97. The maximum atomic E-state index is 11.8. The van der Waals surface area contributed by atoms with Crippen molar-refractivity contribution in [3.05, 3.63) is 48.2 Å². The molecule has 0 unspecified atom stereocenters. The summed E-state index contributed by atoms with van der Waals surface area (Å²) in [7, 11) is 0.402. The number of hydrogen-bond donors (Lipinski definition) is 2. The zero-order valence-corrected chi connectivity index (χ0v) is 22.6. The highest BCUT2D eigenvalue weighted by Crippen LogP contribution is 2.31. The Bertz CT molecular complexity index is 1390. The highest BCUT2D eigenvalue weighted by molar-refractivity contribution is 7.90. The van der Waals surface area contributed by atoms with E-state index in [9.17, 15) is 8.42 Å². The number of anilines is 2. The van der Waals surface area contributed by atoms with Gasteiger partial charge in [-0.1, -0.05) is 11.8 Å². The first-order valence-corrected chi connectivity index (χ1v) is 14.3. The van der Waals surface area contributed by atoms with Gasteiger partial charge < -0.3 is 24.8 Å². The molecule has 2 heterocycles. The van der Waals surface area contributed by atoms with Crippen LogP contribution in [0, 0.1) is 11.8 Å². The third-order valence-electron chi connectivity index (χ3n) is 6.67. The molecule has 2 N–H and O–H groups in total. The zero-order valence-electron chi connectivity index (χ0n) is 21.8. The molecule has 1 saturated heterocycles. The number of ether oxygens (including phenoxy) is 1. The summed E-state index contributed by atoms with van der Waals surface area (Å²) in [4.78, 5) is 2.60. The van der Waals surface area contributed by atoms with Crippen molar-refractivity contribution in [2.75, 3.05) is 50.7 Å². The van der Waals surface area contributed by atoms with E-state index in [1.807, 2.05) is 0 Å². The molecule has 7 nitrogen and oxygen atoms in total. The van der Waals surface area contributed by atoms with Crippen LogP contribution in [0.3, 0.4) is 0 Å². The molecule has 1 aliphatic rings. The number of fused-ring (bicyclic) bond motifs is 1. The summed E-state index contributed by atoms with van der Waals surface area (Å²) in [6, 6.07) is 12.1. The van der Waals surface area contributed by atoms with E-state index in [1.54, 1.807) is 12.1 Å². The number of rotatable bonds is 7. The normalized spacial score (nSPS) is 15.1. The average Bonchev–Trinajstić information content (AvgIpc) is 3.27. The number of aromatic nitrogens is 1. The van der Waals surface area contributed by atoms with E-state index in [-0.39, 0.29) is 4.90 Å². The Morgan fingerprint density at radius 3 is 2.53 bits per heavy atom. The van der Waals surface area contributed by atoms with Crippen molar-refractivity contribution in [3.63, 3.8) is 0 Å². The van der Waals surface area contributed by atoms with E-state index in [1.165, 1.54) is 30.3 Å². The molecule has 2 aromatic carbocycles. The Kier molecular flexibility index (Phi) is 7.82. The number of piperidine rings is 1. The lowest BCUT2D eigenvalue weighted by atomic mass is 10.0. The van der Waals surface area contributed by atoms with Crippen molar-refractivity contribution < 1.29 is 13.2 Å². The Labute approximate surface area is 214 Å². The number of hydrogen-bond acceptors (Lipinski definition) is 6. The lowest BCUT2D eigenvalue weighted by Crippen LogP contribution is -2.36. The van der Waals surface area contributed by atoms with Crippen LogP contribution in [0.15, 0.2) is 47.5 Å². The van der Waals surface area contributed by atoms with Crippen molar-refractivity contribution in [3.8, 4) is 17.6 Å². The number of methoxy groups -OCH3 is 1. The van der Waals surface area contributed by atoms with Crippen LogP contribution in [0.4, 0.5) is 11.4 Å². The maximum Gasteiger partial charge on any atom is 0.175 e. The van der Waals surface area contributed by atoms with Gasteiger partial charge in [0.15, 0.2) is 9.84 Å². The van der Waals surface area contributed by atoms with Crippen LogP contribution in [-0.4, -0.2) is 64.0 Å². The molecule has 0 bridgehead atoms. The summed E-state index contributed by atoms with van der Waals surface area (Å²) < 4.78 is 31.3. The van der Waals surface area contributed by atoms with Gasteiger partial charge in [-0.3, -0.25) is 0 Å². The SMILES string of the molecule is COc1cc(S(C)(=O)=O)ccc1NCC#Cc1cc(NC2CCN(C)CC2)c2ccn(C(C)C)c2c1. The molecule has 36 heavy (non-hydrogen) atoms. The second-order valence-corrected chi connectivity index (χ2v) is 11.8. The van der Waals surface area contributed by atoms with Crippen LogP contribution in [-0.2, 0) is 9.84 Å². The second kappa shape index (κ2) is 10.9. The molecule has 0 saturated carbocycles. The minimum atomic E-state index is -3.30. The van der Waals surface area contributed by atoms with Crippen molar-refractivity contribution in [2.24, 2.45) is 0 Å². The zero-order chi connectivity index (χ0) is 25.9. The van der Waals surface area contributed by atoms with Gasteiger partial charge in [0, 0.05) is 47.2 Å². The first kappa shape index (κ1) is 25.9. The number of nitrogens with one attached hydrogen (secondary N) is 2. The van der Waals surface area contributed by atoms with Crippen LogP contribution in [0.2, 0.25) is 0 Å². The van der Waals surface area contributed by atoms with Crippen LogP contribution < -0.4 is 15.4 Å². The van der Waals surface area contributed by atoms with Crippen molar-refractivity contribution >= 4 is 32.1 Å². The minimum Gasteiger partial charge on any atom is -0.495 e. The predicted octanol–water partition coefficient (Wildman–Crippen LogP) is 4.60. The van der Waals surface area contributed by atoms with E-state index in [2.05, 4.69) is 77.2 Å². The fraction of sp³-hybridized carbons (Fsp3) is 0.429. The fourth-order valence-electron chi connectivity index (χ4n) is 4.61. The molecular weight excluding hydrogens is 472 g/mol. The smallest absolute Gasteiger partial charge is 0.175 e. The van der Waals surface area contributed by atoms with Gasteiger partial charge in [-0.25, -0.2) is 8.42 Å². The summed E-state index contributed by atoms with van der Waals surface area (Å²) in [5, 5.41) is 8.26. The minimum absolute atomic E-state index is 0.224. The Morgan fingerprint density at radius 1 is 1.11 bits per heavy atom. The molecule has 3 aromatic rings. The van der Waals surface area contributed by atoms with Crippen LogP contribution in [0.5, 0.6) is 5.75 Å². The van der Waals surface area contributed by atoms with Crippen LogP contribution in [0.25, 0.3) is 10.9 Å². The van der Waals surface area contributed by atoms with E-state index in [0.717, 1.165) is 37.2 Å². The first-order chi connectivity index (χ1) is 17.2. The summed E-state index contributed by atoms with van der Waals surface area (Å²) in [5.41, 5.74) is 3.97. The monoisotopic (exact) mass is 508 g/mol. The standard InChI is InChI=1S/C28H36N4O3S/c1-20(2)32-16-12-24-26(30-22-10-14-31(3)15-11-22)17-21(18-27(24)32)7-6-13-29-25-9-8-23(36(5,33)34)19-28(25)35-4/h8-9,12,16-20,22,29-30H,10-11,13-15H2,1-5H3. The largest absolute Gasteiger partial charge is 0.495 e. The van der Waals surface area contributed by atoms with Crippen LogP contribution >= 0.6 is 0 Å². The lowest BCUT2D eigenvalue weighted by Gasteiger charge is -2.30. The maximum absolute atomic E-state index is 11.8. The Hall–Kier alpha value is -3.15. The van der Waals surface area contributed by atoms with Gasteiger partial charge >= 0.3 is 0 Å². The molecule has 1 aromatic heterocycles. The van der Waals surface area contributed by atoms with Crippen molar-refractivity contribution in [2.45, 2.75) is 43.7 Å². The molecule has 1 fully saturated rings. The molecule has 0 radical (unpaired) electrons. The van der Waals surface area contributed by atoms with Gasteiger partial charge in [0.2, 0.25) is 0 Å². The number of nitrogens with zero attached hydrogens (tertiary/aromatic N) is 2. The van der Waals surface area contributed by atoms with Gasteiger partial charge in [-0.05, 0) is 77.2 Å². The van der Waals surface area contributed by atoms with E-state index >= 15 is 0 Å². The van der Waals surface area contributed by atoms with E-state index in [4.69, 9.17) is 4.74 Å². The van der Waals surface area contributed by atoms with Gasteiger partial charge in [-0.2, -0.15) is 0 Å². The fourth-order valence-corrected chi connectivity index (χ4v) is 5.25. The van der Waals surface area contributed by atoms with Gasteiger partial charge in [0.25, 0.3) is 0 Å². The highest BCUT2D eigenvalue weighted by atomic mass is 32.2. The lowest BCUT2D eigenvalue weighted by molar-refractivity contribution is 0.264. The molecule has 0 atom stereocenters. The average molecular weight is 509 g/mol. The third-order valence-corrected chi connectivity index (χ3v) is 7.78. The highest BCUT2D eigenvalue weighted by Gasteiger charge is 2.18. The molecular formula is C28H36N4O3S. The second-order valence-electron chi connectivity index (χ2n) is 9.78. The molecule has 0 aliphatic carbocycles. The summed E-state index contributed by atoms with van der Waals surface area (Å²) in [6.45, 7) is 6.99. The summed E-state index contributed by atoms with van der Waals surface area (Å²) in [6.07, 6.45) is 5.59. The summed E-state index contributed by atoms with van der Waals surface area (Å²) >= 11 is 0. The molecule has 1 aliphatic heterocycles. The first-order valence-electron chi connectivity index (χ1n) is 12.4. The molecule has 192 valence electrons. The topological polar surface area (TPSA) is 75.6 Å². The summed E-state index contributed by atoms with van der Waals surface area (Å²) in [5.74, 6) is 6.99. The number of sulfone groups is 1. The van der Waals surface area contributed by atoms with Crippen molar-refractivity contribution in [1.82, 2.24) is 9.47 Å². The molecule has 0 spiro atoms. The quantitative estimate of drug-likeness (QED) is 0.454. The Morgan fingerprint density at radius 2 is 1.86 bits per heavy atom. The van der Waals surface area contributed by atoms with E-state index < -0.39 is 9.84 Å².